The lowest BCUT2D eigenvalue weighted by molar-refractivity contribution is -0.384. The number of nitro benzene ring substituents is 1. The standard InChI is InChI=1S/C17H21N3O5/c1-25-15-7-6-13(20(23)24)9-14(15)18-17(22)11-8-16(21)19(10-11)12-4-2-3-5-12/h6-7,9,11-12H,2-5,8,10H2,1H3,(H,18,22)/t11-/m1/s1. The van der Waals surface area contributed by atoms with E-state index in [0.717, 1.165) is 25.7 Å². The van der Waals surface area contributed by atoms with E-state index in [1.165, 1.54) is 25.3 Å². The van der Waals surface area contributed by atoms with E-state index in [4.69, 9.17) is 4.74 Å². The normalized spacial score (nSPS) is 20.8. The third kappa shape index (κ3) is 3.57. The minimum atomic E-state index is -0.532. The van der Waals surface area contributed by atoms with Gasteiger partial charge in [0.25, 0.3) is 5.69 Å². The monoisotopic (exact) mass is 347 g/mol. The van der Waals surface area contributed by atoms with Crippen LogP contribution < -0.4 is 10.1 Å². The van der Waals surface area contributed by atoms with Crippen molar-refractivity contribution in [1.82, 2.24) is 4.90 Å². The molecule has 1 saturated heterocycles. The lowest BCUT2D eigenvalue weighted by Gasteiger charge is -2.23. The van der Waals surface area contributed by atoms with Crippen LogP contribution in [-0.4, -0.2) is 41.3 Å². The summed E-state index contributed by atoms with van der Waals surface area (Å²) in [6, 6.07) is 4.27. The summed E-state index contributed by atoms with van der Waals surface area (Å²) in [5.41, 5.74) is 0.111. The molecule has 1 saturated carbocycles. The van der Waals surface area contributed by atoms with Crippen molar-refractivity contribution < 1.29 is 19.2 Å². The molecule has 1 atom stereocenters. The maximum atomic E-state index is 12.6. The molecule has 134 valence electrons. The Kier molecular flexibility index (Phi) is 4.87. The molecule has 3 rings (SSSR count). The van der Waals surface area contributed by atoms with Gasteiger partial charge in [-0.2, -0.15) is 0 Å². The first-order valence-electron chi connectivity index (χ1n) is 8.42. The topological polar surface area (TPSA) is 102 Å². The Morgan fingerprint density at radius 3 is 2.72 bits per heavy atom. The average Bonchev–Trinajstić information content (AvgIpc) is 3.23. The molecule has 0 aromatic heterocycles. The molecule has 1 aliphatic carbocycles. The summed E-state index contributed by atoms with van der Waals surface area (Å²) in [5, 5.41) is 13.6. The van der Waals surface area contributed by atoms with E-state index >= 15 is 0 Å². The minimum absolute atomic E-state index is 0.0121. The smallest absolute Gasteiger partial charge is 0.271 e. The predicted octanol–water partition coefficient (Wildman–Crippen LogP) is 2.33. The van der Waals surface area contributed by atoms with Gasteiger partial charge in [0.05, 0.1) is 23.6 Å². The van der Waals surface area contributed by atoms with Crippen LogP contribution in [0.3, 0.4) is 0 Å². The summed E-state index contributed by atoms with van der Waals surface area (Å²) < 4.78 is 5.15. The molecule has 25 heavy (non-hydrogen) atoms. The second-order valence-electron chi connectivity index (χ2n) is 6.52. The number of carbonyl (C=O) groups excluding carboxylic acids is 2. The van der Waals surface area contributed by atoms with E-state index in [2.05, 4.69) is 5.32 Å². The second kappa shape index (κ2) is 7.08. The fourth-order valence-electron chi connectivity index (χ4n) is 3.62. The van der Waals surface area contributed by atoms with Gasteiger partial charge in [0.2, 0.25) is 11.8 Å². The van der Waals surface area contributed by atoms with E-state index in [1.54, 1.807) is 0 Å². The molecular formula is C17H21N3O5. The highest BCUT2D eigenvalue weighted by Crippen LogP contribution is 2.32. The molecule has 1 aliphatic heterocycles. The number of likely N-dealkylation sites (tertiary alicyclic amines) is 1. The molecule has 1 N–H and O–H groups in total. The number of anilines is 1. The van der Waals surface area contributed by atoms with Crippen molar-refractivity contribution in [2.24, 2.45) is 5.92 Å². The van der Waals surface area contributed by atoms with Gasteiger partial charge < -0.3 is 15.0 Å². The number of hydrogen-bond donors (Lipinski definition) is 1. The SMILES string of the molecule is COc1ccc([N+](=O)[O-])cc1NC(=O)[C@@H]1CC(=O)N(C2CCCC2)C1. The Morgan fingerprint density at radius 1 is 1.36 bits per heavy atom. The van der Waals surface area contributed by atoms with Gasteiger partial charge in [-0.25, -0.2) is 0 Å². The number of non-ortho nitro benzene ring substituents is 1. The lowest BCUT2D eigenvalue weighted by Crippen LogP contribution is -2.35. The molecule has 0 unspecified atom stereocenters. The molecule has 1 heterocycles. The highest BCUT2D eigenvalue weighted by atomic mass is 16.6. The summed E-state index contributed by atoms with van der Waals surface area (Å²) in [5.74, 6) is -0.404. The van der Waals surface area contributed by atoms with Crippen LogP contribution >= 0.6 is 0 Å². The minimum Gasteiger partial charge on any atom is -0.495 e. The Balaban J connectivity index is 1.71. The fraction of sp³-hybridized carbons (Fsp3) is 0.529. The van der Waals surface area contributed by atoms with Gasteiger partial charge in [-0.1, -0.05) is 12.8 Å². The van der Waals surface area contributed by atoms with Gasteiger partial charge in [-0.3, -0.25) is 19.7 Å². The van der Waals surface area contributed by atoms with Crippen molar-refractivity contribution in [1.29, 1.82) is 0 Å². The highest BCUT2D eigenvalue weighted by Gasteiger charge is 2.38. The van der Waals surface area contributed by atoms with Crippen molar-refractivity contribution >= 4 is 23.2 Å². The first kappa shape index (κ1) is 17.2. The number of hydrogen-bond acceptors (Lipinski definition) is 5. The number of nitro groups is 1. The summed E-state index contributed by atoms with van der Waals surface area (Å²) in [6.45, 7) is 0.409. The van der Waals surface area contributed by atoms with Crippen LogP contribution in [0.25, 0.3) is 0 Å². The van der Waals surface area contributed by atoms with Gasteiger partial charge in [0.15, 0.2) is 0 Å². The van der Waals surface area contributed by atoms with Crippen molar-refractivity contribution in [3.05, 3.63) is 28.3 Å². The number of methoxy groups -OCH3 is 1. The first-order chi connectivity index (χ1) is 12.0. The summed E-state index contributed by atoms with van der Waals surface area (Å²) >= 11 is 0. The maximum Gasteiger partial charge on any atom is 0.271 e. The number of ether oxygens (including phenoxy) is 1. The average molecular weight is 347 g/mol. The Labute approximate surface area is 145 Å². The molecule has 1 aromatic rings. The largest absolute Gasteiger partial charge is 0.495 e. The van der Waals surface area contributed by atoms with E-state index < -0.39 is 10.8 Å². The zero-order chi connectivity index (χ0) is 18.0. The number of benzene rings is 1. The first-order valence-corrected chi connectivity index (χ1v) is 8.42. The zero-order valence-electron chi connectivity index (χ0n) is 14.1. The molecule has 8 heteroatoms. The molecule has 0 radical (unpaired) electrons. The molecule has 0 bridgehead atoms. The zero-order valence-corrected chi connectivity index (χ0v) is 14.1. The van der Waals surface area contributed by atoms with Crippen LogP contribution in [0.2, 0.25) is 0 Å². The van der Waals surface area contributed by atoms with Gasteiger partial charge in [-0.05, 0) is 18.9 Å². The Hall–Kier alpha value is -2.64. The summed E-state index contributed by atoms with van der Waals surface area (Å²) in [6.07, 6.45) is 4.42. The maximum absolute atomic E-state index is 12.6. The Bertz CT molecular complexity index is 700. The predicted molar refractivity (Wildman–Crippen MR) is 90.4 cm³/mol. The van der Waals surface area contributed by atoms with E-state index in [-0.39, 0.29) is 35.7 Å². The van der Waals surface area contributed by atoms with Crippen LogP contribution in [0.5, 0.6) is 5.75 Å². The molecule has 2 fully saturated rings. The summed E-state index contributed by atoms with van der Waals surface area (Å²) in [7, 11) is 1.43. The summed E-state index contributed by atoms with van der Waals surface area (Å²) in [4.78, 5) is 37.0. The molecule has 2 aliphatic rings. The number of nitrogens with zero attached hydrogens (tertiary/aromatic N) is 2. The number of rotatable bonds is 5. The van der Waals surface area contributed by atoms with Gasteiger partial charge in [0.1, 0.15) is 5.75 Å². The van der Waals surface area contributed by atoms with Crippen molar-refractivity contribution in [3.63, 3.8) is 0 Å². The number of nitrogens with one attached hydrogen (secondary N) is 1. The fourth-order valence-corrected chi connectivity index (χ4v) is 3.62. The van der Waals surface area contributed by atoms with Gasteiger partial charge >= 0.3 is 0 Å². The quantitative estimate of drug-likeness (QED) is 0.650. The van der Waals surface area contributed by atoms with Crippen LogP contribution in [0.4, 0.5) is 11.4 Å². The third-order valence-electron chi connectivity index (χ3n) is 4.95. The molecule has 0 spiro atoms. The van der Waals surface area contributed by atoms with Crippen molar-refractivity contribution in [2.75, 3.05) is 19.0 Å². The van der Waals surface area contributed by atoms with E-state index in [0.29, 0.717) is 12.3 Å². The van der Waals surface area contributed by atoms with Crippen molar-refractivity contribution in [2.45, 2.75) is 38.1 Å². The number of amides is 2. The van der Waals surface area contributed by atoms with Gasteiger partial charge in [-0.15, -0.1) is 0 Å². The molecule has 2 amide bonds. The van der Waals surface area contributed by atoms with Crippen LogP contribution in [0, 0.1) is 16.0 Å². The van der Waals surface area contributed by atoms with Crippen LogP contribution in [0.1, 0.15) is 32.1 Å². The third-order valence-corrected chi connectivity index (χ3v) is 4.95. The Morgan fingerprint density at radius 2 is 2.08 bits per heavy atom. The second-order valence-corrected chi connectivity index (χ2v) is 6.52. The van der Waals surface area contributed by atoms with E-state index in [9.17, 15) is 19.7 Å². The van der Waals surface area contributed by atoms with Crippen LogP contribution in [0.15, 0.2) is 18.2 Å². The molecule has 1 aromatic carbocycles. The van der Waals surface area contributed by atoms with Crippen molar-refractivity contribution in [3.8, 4) is 5.75 Å². The lowest BCUT2D eigenvalue weighted by atomic mass is 10.1. The van der Waals surface area contributed by atoms with E-state index in [1.807, 2.05) is 4.90 Å². The molecular weight excluding hydrogens is 326 g/mol. The molecule has 8 nitrogen and oxygen atoms in total. The number of carbonyl (C=O) groups is 2. The highest BCUT2D eigenvalue weighted by molar-refractivity contribution is 5.98. The van der Waals surface area contributed by atoms with Gasteiger partial charge in [0, 0.05) is 31.1 Å². The van der Waals surface area contributed by atoms with Crippen LogP contribution in [-0.2, 0) is 9.59 Å².